The molecule has 3 heteroatoms. The van der Waals surface area contributed by atoms with E-state index in [1.54, 1.807) is 6.07 Å². The zero-order valence-corrected chi connectivity index (χ0v) is 8.59. The van der Waals surface area contributed by atoms with Gasteiger partial charge >= 0.3 is 0 Å². The van der Waals surface area contributed by atoms with E-state index in [1.165, 1.54) is 19.2 Å². The fourth-order valence-electron chi connectivity index (χ4n) is 1.31. The van der Waals surface area contributed by atoms with Crippen LogP contribution in [0.3, 0.4) is 0 Å². The van der Waals surface area contributed by atoms with Crippen molar-refractivity contribution in [1.29, 1.82) is 0 Å². The van der Waals surface area contributed by atoms with Gasteiger partial charge in [-0.05, 0) is 24.5 Å². The molecule has 1 aromatic rings. The van der Waals surface area contributed by atoms with E-state index in [0.717, 1.165) is 18.4 Å². The lowest BCUT2D eigenvalue weighted by molar-refractivity contribution is 0.404. The summed E-state index contributed by atoms with van der Waals surface area (Å²) in [4.78, 5) is 0. The monoisotopic (exact) mass is 197 g/mol. The molecule has 1 unspecified atom stereocenters. The highest BCUT2D eigenvalue weighted by Crippen LogP contribution is 2.20. The Bertz CT molecular complexity index is 301. The van der Waals surface area contributed by atoms with E-state index in [4.69, 9.17) is 10.5 Å². The van der Waals surface area contributed by atoms with Gasteiger partial charge < -0.3 is 10.5 Å². The van der Waals surface area contributed by atoms with Crippen molar-refractivity contribution in [3.63, 3.8) is 0 Å². The van der Waals surface area contributed by atoms with E-state index < -0.39 is 0 Å². The smallest absolute Gasteiger partial charge is 0.126 e. The van der Waals surface area contributed by atoms with Gasteiger partial charge in [0.25, 0.3) is 0 Å². The first-order valence-corrected chi connectivity index (χ1v) is 4.75. The van der Waals surface area contributed by atoms with Crippen LogP contribution in [0, 0.1) is 5.82 Å². The van der Waals surface area contributed by atoms with Crippen molar-refractivity contribution in [3.05, 3.63) is 29.6 Å². The average molecular weight is 197 g/mol. The topological polar surface area (TPSA) is 35.2 Å². The van der Waals surface area contributed by atoms with Crippen LogP contribution in [0.5, 0.6) is 5.75 Å². The Kier molecular flexibility index (Phi) is 3.89. The summed E-state index contributed by atoms with van der Waals surface area (Å²) in [6, 6.07) is 4.65. The molecule has 1 rings (SSSR count). The normalized spacial score (nSPS) is 12.6. The molecule has 0 saturated heterocycles. The fraction of sp³-hybridized carbons (Fsp3) is 0.455. The Labute approximate surface area is 83.9 Å². The highest BCUT2D eigenvalue weighted by atomic mass is 19.1. The van der Waals surface area contributed by atoms with Gasteiger partial charge in [0.15, 0.2) is 0 Å². The molecule has 0 spiro atoms. The quantitative estimate of drug-likeness (QED) is 0.802. The Morgan fingerprint density at radius 2 is 2.21 bits per heavy atom. The highest BCUT2D eigenvalue weighted by Gasteiger charge is 2.07. The first kappa shape index (κ1) is 11.0. The third kappa shape index (κ3) is 2.70. The van der Waals surface area contributed by atoms with E-state index in [0.29, 0.717) is 5.75 Å². The van der Waals surface area contributed by atoms with Crippen LogP contribution < -0.4 is 10.5 Å². The number of methoxy groups -OCH3 is 1. The van der Waals surface area contributed by atoms with Gasteiger partial charge in [0.05, 0.1) is 7.11 Å². The summed E-state index contributed by atoms with van der Waals surface area (Å²) >= 11 is 0. The summed E-state index contributed by atoms with van der Waals surface area (Å²) in [5, 5.41) is 0. The van der Waals surface area contributed by atoms with Crippen LogP contribution in [0.1, 0.15) is 18.9 Å². The first-order chi connectivity index (χ1) is 6.67. The minimum absolute atomic E-state index is 0.106. The summed E-state index contributed by atoms with van der Waals surface area (Å²) in [5.74, 6) is 0.296. The molecule has 0 bridgehead atoms. The van der Waals surface area contributed by atoms with Crippen LogP contribution in [0.15, 0.2) is 18.2 Å². The van der Waals surface area contributed by atoms with Gasteiger partial charge in [0, 0.05) is 12.1 Å². The van der Waals surface area contributed by atoms with Crippen LogP contribution >= 0.6 is 0 Å². The maximum atomic E-state index is 12.8. The van der Waals surface area contributed by atoms with E-state index >= 15 is 0 Å². The molecule has 1 atom stereocenters. The number of benzene rings is 1. The summed E-state index contributed by atoms with van der Waals surface area (Å²) in [6.45, 7) is 2.03. The molecule has 0 heterocycles. The average Bonchev–Trinajstić information content (AvgIpc) is 2.20. The molecule has 0 aliphatic heterocycles. The molecule has 0 saturated carbocycles. The number of hydrogen-bond donors (Lipinski definition) is 1. The molecule has 1 aromatic carbocycles. The zero-order valence-electron chi connectivity index (χ0n) is 8.59. The Hall–Kier alpha value is -1.09. The summed E-state index contributed by atoms with van der Waals surface area (Å²) in [7, 11) is 1.54. The number of ether oxygens (including phenoxy) is 1. The van der Waals surface area contributed by atoms with Crippen molar-refractivity contribution >= 4 is 0 Å². The lowest BCUT2D eigenvalue weighted by Gasteiger charge is -2.12. The second-order valence-corrected chi connectivity index (χ2v) is 3.33. The third-order valence-electron chi connectivity index (χ3n) is 2.26. The van der Waals surface area contributed by atoms with Crippen molar-refractivity contribution in [3.8, 4) is 5.75 Å². The Morgan fingerprint density at radius 3 is 2.79 bits per heavy atom. The summed E-state index contributed by atoms with van der Waals surface area (Å²) in [5.41, 5.74) is 6.78. The molecule has 2 nitrogen and oxygen atoms in total. The Balaban J connectivity index is 2.85. The molecule has 0 radical (unpaired) electrons. The first-order valence-electron chi connectivity index (χ1n) is 4.75. The minimum atomic E-state index is -0.282. The van der Waals surface area contributed by atoms with Crippen molar-refractivity contribution < 1.29 is 9.13 Å². The van der Waals surface area contributed by atoms with Crippen molar-refractivity contribution in [2.24, 2.45) is 5.73 Å². The van der Waals surface area contributed by atoms with E-state index in [9.17, 15) is 4.39 Å². The van der Waals surface area contributed by atoms with Gasteiger partial charge in [0.2, 0.25) is 0 Å². The predicted molar refractivity (Wildman–Crippen MR) is 54.9 cm³/mol. The van der Waals surface area contributed by atoms with Gasteiger partial charge in [-0.3, -0.25) is 0 Å². The SMILES string of the molecule is CCC(N)Cc1ccc(F)cc1OC. The van der Waals surface area contributed by atoms with Gasteiger partial charge in [-0.15, -0.1) is 0 Å². The van der Waals surface area contributed by atoms with E-state index in [1.807, 2.05) is 6.92 Å². The lowest BCUT2D eigenvalue weighted by atomic mass is 10.0. The predicted octanol–water partition coefficient (Wildman–Crippen LogP) is 2.11. The molecule has 0 fully saturated rings. The lowest BCUT2D eigenvalue weighted by Crippen LogP contribution is -2.21. The second-order valence-electron chi connectivity index (χ2n) is 3.33. The molecule has 0 aliphatic rings. The van der Waals surface area contributed by atoms with Gasteiger partial charge in [0.1, 0.15) is 11.6 Å². The van der Waals surface area contributed by atoms with E-state index in [-0.39, 0.29) is 11.9 Å². The van der Waals surface area contributed by atoms with Crippen LogP contribution in [0.2, 0.25) is 0 Å². The molecular weight excluding hydrogens is 181 g/mol. The highest BCUT2D eigenvalue weighted by molar-refractivity contribution is 5.34. The molecular formula is C11H16FNO. The molecule has 2 N–H and O–H groups in total. The van der Waals surface area contributed by atoms with Crippen molar-refractivity contribution in [2.75, 3.05) is 7.11 Å². The standard InChI is InChI=1S/C11H16FNO/c1-3-10(13)6-8-4-5-9(12)7-11(8)14-2/h4-5,7,10H,3,6,13H2,1-2H3. The number of rotatable bonds is 4. The van der Waals surface area contributed by atoms with Crippen molar-refractivity contribution in [2.45, 2.75) is 25.8 Å². The number of halogens is 1. The maximum absolute atomic E-state index is 12.8. The van der Waals surface area contributed by atoms with Gasteiger partial charge in [-0.1, -0.05) is 13.0 Å². The fourth-order valence-corrected chi connectivity index (χ4v) is 1.31. The number of hydrogen-bond acceptors (Lipinski definition) is 2. The second kappa shape index (κ2) is 4.96. The summed E-state index contributed by atoms with van der Waals surface area (Å²) < 4.78 is 17.9. The molecule has 14 heavy (non-hydrogen) atoms. The Morgan fingerprint density at radius 1 is 1.50 bits per heavy atom. The summed E-state index contributed by atoms with van der Waals surface area (Å²) in [6.07, 6.45) is 1.63. The minimum Gasteiger partial charge on any atom is -0.496 e. The molecule has 0 aromatic heterocycles. The maximum Gasteiger partial charge on any atom is 0.126 e. The number of nitrogens with two attached hydrogens (primary N) is 1. The zero-order chi connectivity index (χ0) is 10.6. The van der Waals surface area contributed by atoms with Crippen LogP contribution in [-0.2, 0) is 6.42 Å². The van der Waals surface area contributed by atoms with Crippen LogP contribution in [0.25, 0.3) is 0 Å². The van der Waals surface area contributed by atoms with Crippen molar-refractivity contribution in [1.82, 2.24) is 0 Å². The van der Waals surface area contributed by atoms with Gasteiger partial charge in [-0.2, -0.15) is 0 Å². The molecule has 78 valence electrons. The molecule has 0 aliphatic carbocycles. The van der Waals surface area contributed by atoms with Crippen LogP contribution in [-0.4, -0.2) is 13.2 Å². The molecule has 0 amide bonds. The van der Waals surface area contributed by atoms with E-state index in [2.05, 4.69) is 0 Å². The largest absolute Gasteiger partial charge is 0.496 e. The van der Waals surface area contributed by atoms with Crippen LogP contribution in [0.4, 0.5) is 4.39 Å². The van der Waals surface area contributed by atoms with Gasteiger partial charge in [-0.25, -0.2) is 4.39 Å². The third-order valence-corrected chi connectivity index (χ3v) is 2.26.